The summed E-state index contributed by atoms with van der Waals surface area (Å²) in [5, 5.41) is 0.733. The van der Waals surface area contributed by atoms with Gasteiger partial charge in [-0.25, -0.2) is 0 Å². The summed E-state index contributed by atoms with van der Waals surface area (Å²) in [5.74, 6) is -1.07. The van der Waals surface area contributed by atoms with Gasteiger partial charge in [-0.2, -0.15) is 0 Å². The third-order valence-electron chi connectivity index (χ3n) is 4.72. The molecule has 0 heterocycles. The standard InChI is InChI=1S/C20H18Cl2O2/c1-20(2)9-8-16(23)18(19(20)24)17-14(21)10-13(11-15(17)22)12-6-4-3-5-7-12/h3-7,10-11,18H,8-9H2,1-2H3. The van der Waals surface area contributed by atoms with Crippen molar-refractivity contribution in [3.63, 3.8) is 0 Å². The molecule has 0 spiro atoms. The van der Waals surface area contributed by atoms with Crippen LogP contribution < -0.4 is 0 Å². The number of carbonyl (C=O) groups excluding carboxylic acids is 2. The van der Waals surface area contributed by atoms with Gasteiger partial charge >= 0.3 is 0 Å². The summed E-state index contributed by atoms with van der Waals surface area (Å²) in [7, 11) is 0. The molecular formula is C20H18Cl2O2. The molecule has 2 nitrogen and oxygen atoms in total. The molecule has 0 saturated heterocycles. The van der Waals surface area contributed by atoms with Crippen LogP contribution in [0.3, 0.4) is 0 Å². The highest BCUT2D eigenvalue weighted by molar-refractivity contribution is 6.38. The second kappa shape index (κ2) is 6.34. The van der Waals surface area contributed by atoms with Crippen molar-refractivity contribution in [2.45, 2.75) is 32.6 Å². The first-order chi connectivity index (χ1) is 11.3. The molecule has 24 heavy (non-hydrogen) atoms. The zero-order chi connectivity index (χ0) is 17.5. The minimum absolute atomic E-state index is 0.101. The zero-order valence-corrected chi connectivity index (χ0v) is 15.1. The number of ketones is 2. The van der Waals surface area contributed by atoms with Crippen LogP contribution in [0.15, 0.2) is 42.5 Å². The van der Waals surface area contributed by atoms with E-state index >= 15 is 0 Å². The van der Waals surface area contributed by atoms with Crippen LogP contribution in [-0.4, -0.2) is 11.6 Å². The maximum Gasteiger partial charge on any atom is 0.153 e. The summed E-state index contributed by atoms with van der Waals surface area (Å²) in [4.78, 5) is 25.2. The molecule has 2 aromatic rings. The SMILES string of the molecule is CC1(C)CCC(=O)C(c2c(Cl)cc(-c3ccccc3)cc2Cl)C1=O. The van der Waals surface area contributed by atoms with Crippen LogP contribution in [0.1, 0.15) is 38.2 Å². The Balaban J connectivity index is 2.09. The minimum Gasteiger partial charge on any atom is -0.299 e. The van der Waals surface area contributed by atoms with Crippen LogP contribution >= 0.6 is 23.2 Å². The Morgan fingerprint density at radius 2 is 1.54 bits per heavy atom. The third-order valence-corrected chi connectivity index (χ3v) is 5.35. The van der Waals surface area contributed by atoms with Gasteiger partial charge in [0.05, 0.1) is 0 Å². The predicted octanol–water partition coefficient (Wildman–Crippen LogP) is 5.70. The molecule has 0 N–H and O–H groups in total. The second-order valence-electron chi connectivity index (χ2n) is 6.87. The van der Waals surface area contributed by atoms with Crippen molar-refractivity contribution >= 4 is 34.8 Å². The van der Waals surface area contributed by atoms with E-state index in [1.807, 2.05) is 44.2 Å². The van der Waals surface area contributed by atoms with Crippen LogP contribution in [0.25, 0.3) is 11.1 Å². The average molecular weight is 361 g/mol. The fourth-order valence-corrected chi connectivity index (χ4v) is 3.89. The largest absolute Gasteiger partial charge is 0.299 e. The summed E-state index contributed by atoms with van der Waals surface area (Å²) in [5.41, 5.74) is 1.75. The van der Waals surface area contributed by atoms with E-state index in [2.05, 4.69) is 0 Å². The minimum atomic E-state index is -0.862. The van der Waals surface area contributed by atoms with Crippen LogP contribution in [0.4, 0.5) is 0 Å². The van der Waals surface area contributed by atoms with Gasteiger partial charge in [-0.15, -0.1) is 0 Å². The smallest absolute Gasteiger partial charge is 0.153 e. The highest BCUT2D eigenvalue weighted by Gasteiger charge is 2.44. The molecule has 1 atom stereocenters. The molecule has 4 heteroatoms. The molecule has 1 aliphatic carbocycles. The van der Waals surface area contributed by atoms with E-state index in [0.717, 1.165) is 11.1 Å². The normalized spacial score (nSPS) is 20.2. The van der Waals surface area contributed by atoms with Gasteiger partial charge in [-0.3, -0.25) is 9.59 Å². The van der Waals surface area contributed by atoms with E-state index in [9.17, 15) is 9.59 Å². The maximum atomic E-state index is 12.8. The molecule has 1 saturated carbocycles. The number of Topliss-reactive ketones (excluding diaryl/α,β-unsaturated/α-hetero) is 2. The Hall–Kier alpha value is -1.64. The van der Waals surface area contributed by atoms with Crippen molar-refractivity contribution in [3.8, 4) is 11.1 Å². The van der Waals surface area contributed by atoms with Gasteiger partial charge in [0.15, 0.2) is 5.78 Å². The number of carbonyl (C=O) groups is 2. The van der Waals surface area contributed by atoms with Crippen LogP contribution in [-0.2, 0) is 9.59 Å². The monoisotopic (exact) mass is 360 g/mol. The highest BCUT2D eigenvalue weighted by Crippen LogP contribution is 2.44. The fraction of sp³-hybridized carbons (Fsp3) is 0.300. The van der Waals surface area contributed by atoms with Crippen molar-refractivity contribution in [2.75, 3.05) is 0 Å². The van der Waals surface area contributed by atoms with Gasteiger partial charge in [0, 0.05) is 27.4 Å². The van der Waals surface area contributed by atoms with E-state index in [-0.39, 0.29) is 11.6 Å². The number of rotatable bonds is 2. The summed E-state index contributed by atoms with van der Waals surface area (Å²) in [6.07, 6.45) is 0.939. The number of benzene rings is 2. The Bertz CT molecular complexity index is 787. The van der Waals surface area contributed by atoms with Crippen molar-refractivity contribution < 1.29 is 9.59 Å². The molecule has 0 amide bonds. The van der Waals surface area contributed by atoms with E-state index in [1.54, 1.807) is 12.1 Å². The van der Waals surface area contributed by atoms with E-state index < -0.39 is 11.3 Å². The van der Waals surface area contributed by atoms with Crippen molar-refractivity contribution in [2.24, 2.45) is 5.41 Å². The Kier molecular flexibility index (Phi) is 4.54. The lowest BCUT2D eigenvalue weighted by atomic mass is 9.68. The molecule has 0 aromatic heterocycles. The van der Waals surface area contributed by atoms with Gasteiger partial charge in [0.2, 0.25) is 0 Å². The summed E-state index contributed by atoms with van der Waals surface area (Å²) >= 11 is 12.9. The first-order valence-electron chi connectivity index (χ1n) is 7.92. The number of halogens is 2. The third kappa shape index (κ3) is 3.01. The lowest BCUT2D eigenvalue weighted by Gasteiger charge is -2.33. The fourth-order valence-electron chi connectivity index (χ4n) is 3.19. The van der Waals surface area contributed by atoms with Gasteiger partial charge in [-0.05, 0) is 29.7 Å². The Morgan fingerprint density at radius 1 is 0.958 bits per heavy atom. The number of hydrogen-bond acceptors (Lipinski definition) is 2. The van der Waals surface area contributed by atoms with Crippen LogP contribution in [0.5, 0.6) is 0 Å². The van der Waals surface area contributed by atoms with E-state index in [0.29, 0.717) is 28.5 Å². The highest BCUT2D eigenvalue weighted by atomic mass is 35.5. The molecule has 2 aromatic carbocycles. The van der Waals surface area contributed by atoms with E-state index in [1.165, 1.54) is 0 Å². The molecule has 1 unspecified atom stereocenters. The van der Waals surface area contributed by atoms with Crippen molar-refractivity contribution in [3.05, 3.63) is 58.1 Å². The average Bonchev–Trinajstić information content (AvgIpc) is 2.55. The zero-order valence-electron chi connectivity index (χ0n) is 13.6. The van der Waals surface area contributed by atoms with Gasteiger partial charge in [0.25, 0.3) is 0 Å². The lowest BCUT2D eigenvalue weighted by molar-refractivity contribution is -0.139. The molecule has 0 bridgehead atoms. The first kappa shape index (κ1) is 17.2. The van der Waals surface area contributed by atoms with E-state index in [4.69, 9.17) is 23.2 Å². The predicted molar refractivity (Wildman–Crippen MR) is 97.7 cm³/mol. The van der Waals surface area contributed by atoms with Crippen molar-refractivity contribution in [1.29, 1.82) is 0 Å². The Morgan fingerprint density at radius 3 is 2.12 bits per heavy atom. The lowest BCUT2D eigenvalue weighted by Crippen LogP contribution is -2.39. The molecule has 0 aliphatic heterocycles. The topological polar surface area (TPSA) is 34.1 Å². The summed E-state index contributed by atoms with van der Waals surface area (Å²) in [6, 6.07) is 13.3. The summed E-state index contributed by atoms with van der Waals surface area (Å²) in [6.45, 7) is 3.74. The second-order valence-corrected chi connectivity index (χ2v) is 7.68. The molecule has 124 valence electrons. The molecule has 0 radical (unpaired) electrons. The molecular weight excluding hydrogens is 343 g/mol. The molecule has 1 fully saturated rings. The molecule has 1 aliphatic rings. The Labute approximate surface area is 151 Å². The van der Waals surface area contributed by atoms with Crippen molar-refractivity contribution in [1.82, 2.24) is 0 Å². The first-order valence-corrected chi connectivity index (χ1v) is 8.68. The van der Waals surface area contributed by atoms with Gasteiger partial charge in [0.1, 0.15) is 11.7 Å². The summed E-state index contributed by atoms with van der Waals surface area (Å²) < 4.78 is 0. The quantitative estimate of drug-likeness (QED) is 0.643. The van der Waals surface area contributed by atoms with Gasteiger partial charge < -0.3 is 0 Å². The van der Waals surface area contributed by atoms with Crippen LogP contribution in [0, 0.1) is 5.41 Å². The maximum absolute atomic E-state index is 12.8. The number of hydrogen-bond donors (Lipinski definition) is 0. The van der Waals surface area contributed by atoms with Gasteiger partial charge in [-0.1, -0.05) is 67.4 Å². The van der Waals surface area contributed by atoms with Crippen LogP contribution in [0.2, 0.25) is 10.0 Å². The molecule has 3 rings (SSSR count).